The van der Waals surface area contributed by atoms with Crippen LogP contribution in [0.15, 0.2) is 72.8 Å². The summed E-state index contributed by atoms with van der Waals surface area (Å²) in [5.41, 5.74) is 5.57. The molecule has 0 aliphatic heterocycles. The van der Waals surface area contributed by atoms with Crippen LogP contribution < -0.4 is 10.6 Å². The van der Waals surface area contributed by atoms with Crippen molar-refractivity contribution in [3.63, 3.8) is 0 Å². The van der Waals surface area contributed by atoms with Gasteiger partial charge in [0, 0.05) is 11.4 Å². The average molecular weight is 430 g/mol. The first kappa shape index (κ1) is 23.2. The van der Waals surface area contributed by atoms with Gasteiger partial charge < -0.3 is 10.6 Å². The lowest BCUT2D eigenvalue weighted by atomic mass is 10.0. The van der Waals surface area contributed by atoms with Gasteiger partial charge in [0.25, 0.3) is 0 Å². The zero-order valence-corrected chi connectivity index (χ0v) is 19.2. The molecule has 0 bridgehead atoms. The quantitative estimate of drug-likeness (QED) is 0.523. The van der Waals surface area contributed by atoms with Crippen molar-refractivity contribution in [2.45, 2.75) is 33.2 Å². The van der Waals surface area contributed by atoms with Crippen LogP contribution in [0.5, 0.6) is 0 Å². The zero-order chi connectivity index (χ0) is 23.1. The van der Waals surface area contributed by atoms with Crippen molar-refractivity contribution in [2.75, 3.05) is 24.2 Å². The van der Waals surface area contributed by atoms with Gasteiger partial charge in [-0.15, -0.1) is 0 Å². The first-order valence-corrected chi connectivity index (χ1v) is 10.9. The number of nitrogens with one attached hydrogen (secondary N) is 2. The number of carbonyl (C=O) groups excluding carboxylic acids is 2. The molecule has 0 heterocycles. The molecule has 1 unspecified atom stereocenters. The van der Waals surface area contributed by atoms with Crippen molar-refractivity contribution in [3.8, 4) is 0 Å². The lowest BCUT2D eigenvalue weighted by Crippen LogP contribution is -2.39. The van der Waals surface area contributed by atoms with Crippen LogP contribution >= 0.6 is 0 Å². The van der Waals surface area contributed by atoms with Crippen LogP contribution in [0.1, 0.15) is 35.2 Å². The molecular weight excluding hydrogens is 398 g/mol. The maximum atomic E-state index is 13.4. The minimum absolute atomic E-state index is 0.0812. The highest BCUT2D eigenvalue weighted by Gasteiger charge is 2.27. The molecular formula is C27H31N3O2. The number of benzene rings is 3. The van der Waals surface area contributed by atoms with E-state index in [1.54, 1.807) is 11.9 Å². The minimum atomic E-state index is -0.608. The smallest absolute Gasteiger partial charge is 0.246 e. The number of aryl methyl sites for hydroxylation is 3. The summed E-state index contributed by atoms with van der Waals surface area (Å²) >= 11 is 0. The van der Waals surface area contributed by atoms with Gasteiger partial charge in [0.05, 0.1) is 6.54 Å². The van der Waals surface area contributed by atoms with E-state index in [1.165, 1.54) is 0 Å². The summed E-state index contributed by atoms with van der Waals surface area (Å²) in [6, 6.07) is 22.7. The Hall–Kier alpha value is -3.44. The number of nitrogens with zero attached hydrogens (tertiary/aromatic N) is 1. The van der Waals surface area contributed by atoms with Gasteiger partial charge in [-0.1, -0.05) is 67.6 Å². The maximum absolute atomic E-state index is 13.4. The summed E-state index contributed by atoms with van der Waals surface area (Å²) < 4.78 is 0. The Balaban J connectivity index is 1.80. The van der Waals surface area contributed by atoms with Crippen molar-refractivity contribution in [2.24, 2.45) is 0 Å². The summed E-state index contributed by atoms with van der Waals surface area (Å²) in [5, 5.41) is 6.05. The number of hydrogen-bond donors (Lipinski definition) is 2. The number of anilines is 2. The highest BCUT2D eigenvalue weighted by atomic mass is 16.2. The summed E-state index contributed by atoms with van der Waals surface area (Å²) in [6.07, 6.45) is 0.831. The molecule has 32 heavy (non-hydrogen) atoms. The number of likely N-dealkylation sites (N-methyl/N-ethyl adjacent to an activating group) is 1. The molecule has 3 aromatic rings. The Morgan fingerprint density at radius 1 is 0.875 bits per heavy atom. The van der Waals surface area contributed by atoms with Gasteiger partial charge in [0.2, 0.25) is 11.8 Å². The average Bonchev–Trinajstić information content (AvgIpc) is 2.77. The SMILES string of the molecule is CCc1ccccc1NC(=O)CN(C)C(C(=O)Nc1cc(C)ccc1C)c1ccccc1. The van der Waals surface area contributed by atoms with Gasteiger partial charge in [-0.25, -0.2) is 0 Å². The van der Waals surface area contributed by atoms with Crippen molar-refractivity contribution in [3.05, 3.63) is 95.1 Å². The minimum Gasteiger partial charge on any atom is -0.325 e. The highest BCUT2D eigenvalue weighted by Crippen LogP contribution is 2.24. The standard InChI is InChI=1S/C27H31N3O2/c1-5-21-11-9-10-14-23(21)28-25(31)18-30(4)26(22-12-7-6-8-13-22)27(32)29-24-17-19(2)15-16-20(24)3/h6-17,26H,5,18H2,1-4H3,(H,28,31)(H,29,32). The van der Waals surface area contributed by atoms with Crippen LogP contribution in [-0.2, 0) is 16.0 Å². The number of rotatable bonds is 8. The predicted octanol–water partition coefficient (Wildman–Crippen LogP) is 5.12. The second-order valence-corrected chi connectivity index (χ2v) is 8.09. The second-order valence-electron chi connectivity index (χ2n) is 8.09. The summed E-state index contributed by atoms with van der Waals surface area (Å²) in [7, 11) is 1.80. The van der Waals surface area contributed by atoms with Crippen molar-refractivity contribution in [1.29, 1.82) is 0 Å². The van der Waals surface area contributed by atoms with E-state index in [4.69, 9.17) is 0 Å². The number of amides is 2. The number of para-hydroxylation sites is 1. The van der Waals surface area contributed by atoms with Gasteiger partial charge in [-0.05, 0) is 61.7 Å². The Morgan fingerprint density at radius 2 is 1.56 bits per heavy atom. The molecule has 2 N–H and O–H groups in total. The number of hydrogen-bond acceptors (Lipinski definition) is 3. The van der Waals surface area contributed by atoms with E-state index >= 15 is 0 Å². The van der Waals surface area contributed by atoms with Gasteiger partial charge >= 0.3 is 0 Å². The fraction of sp³-hybridized carbons (Fsp3) is 0.259. The van der Waals surface area contributed by atoms with E-state index in [1.807, 2.05) is 86.6 Å². The molecule has 166 valence electrons. The monoisotopic (exact) mass is 429 g/mol. The molecule has 0 saturated carbocycles. The van der Waals surface area contributed by atoms with Crippen LogP contribution in [0.4, 0.5) is 11.4 Å². The molecule has 0 spiro atoms. The zero-order valence-electron chi connectivity index (χ0n) is 19.2. The molecule has 0 fully saturated rings. The summed E-state index contributed by atoms with van der Waals surface area (Å²) in [5.74, 6) is -0.331. The Morgan fingerprint density at radius 3 is 2.28 bits per heavy atom. The van der Waals surface area contributed by atoms with E-state index in [0.717, 1.165) is 40.0 Å². The van der Waals surface area contributed by atoms with Gasteiger partial charge in [0.15, 0.2) is 0 Å². The molecule has 5 heteroatoms. The van der Waals surface area contributed by atoms with E-state index in [9.17, 15) is 9.59 Å². The molecule has 1 atom stereocenters. The molecule has 0 aromatic heterocycles. The normalized spacial score (nSPS) is 11.8. The molecule has 0 aliphatic carbocycles. The third-order valence-corrected chi connectivity index (χ3v) is 5.52. The fourth-order valence-electron chi connectivity index (χ4n) is 3.77. The third kappa shape index (κ3) is 5.83. The second kappa shape index (κ2) is 10.7. The highest BCUT2D eigenvalue weighted by molar-refractivity contribution is 5.97. The fourth-order valence-corrected chi connectivity index (χ4v) is 3.77. The molecule has 0 saturated heterocycles. The number of carbonyl (C=O) groups is 2. The lowest BCUT2D eigenvalue weighted by Gasteiger charge is -2.27. The first-order valence-electron chi connectivity index (χ1n) is 10.9. The predicted molar refractivity (Wildman–Crippen MR) is 131 cm³/mol. The molecule has 3 aromatic carbocycles. The van der Waals surface area contributed by atoms with E-state index in [-0.39, 0.29) is 18.4 Å². The van der Waals surface area contributed by atoms with Crippen molar-refractivity contribution >= 4 is 23.2 Å². The Bertz CT molecular complexity index is 1080. The Labute approximate surface area is 190 Å². The van der Waals surface area contributed by atoms with Crippen LogP contribution in [0.25, 0.3) is 0 Å². The topological polar surface area (TPSA) is 61.4 Å². The van der Waals surface area contributed by atoms with Crippen LogP contribution in [0.3, 0.4) is 0 Å². The molecule has 0 aliphatic rings. The molecule has 2 amide bonds. The summed E-state index contributed by atoms with van der Waals surface area (Å²) in [6.45, 7) is 6.10. The maximum Gasteiger partial charge on any atom is 0.246 e. The van der Waals surface area contributed by atoms with Crippen LogP contribution in [0, 0.1) is 13.8 Å². The van der Waals surface area contributed by atoms with E-state index < -0.39 is 6.04 Å². The summed E-state index contributed by atoms with van der Waals surface area (Å²) in [4.78, 5) is 28.0. The molecule has 3 rings (SSSR count). The van der Waals surface area contributed by atoms with Gasteiger partial charge in [0.1, 0.15) is 6.04 Å². The Kier molecular flexibility index (Phi) is 7.79. The lowest BCUT2D eigenvalue weighted by molar-refractivity contribution is -0.123. The molecule has 5 nitrogen and oxygen atoms in total. The van der Waals surface area contributed by atoms with Crippen molar-refractivity contribution in [1.82, 2.24) is 4.90 Å². The van der Waals surface area contributed by atoms with E-state index in [2.05, 4.69) is 17.6 Å². The van der Waals surface area contributed by atoms with Gasteiger partial charge in [-0.2, -0.15) is 0 Å². The van der Waals surface area contributed by atoms with Crippen molar-refractivity contribution < 1.29 is 9.59 Å². The van der Waals surface area contributed by atoms with E-state index in [0.29, 0.717) is 0 Å². The van der Waals surface area contributed by atoms with Gasteiger partial charge in [-0.3, -0.25) is 14.5 Å². The first-order chi connectivity index (χ1) is 15.4. The third-order valence-electron chi connectivity index (χ3n) is 5.52. The molecule has 0 radical (unpaired) electrons. The van der Waals surface area contributed by atoms with Crippen LogP contribution in [0.2, 0.25) is 0 Å². The van der Waals surface area contributed by atoms with Crippen LogP contribution in [-0.4, -0.2) is 30.3 Å². The largest absolute Gasteiger partial charge is 0.325 e.